The van der Waals surface area contributed by atoms with Crippen molar-refractivity contribution in [3.8, 4) is 5.75 Å². The number of hydrogen-bond donors (Lipinski definition) is 1. The molecule has 0 radical (unpaired) electrons. The van der Waals surface area contributed by atoms with E-state index in [1.165, 1.54) is 11.1 Å². The fraction of sp³-hybridized carbons (Fsp3) is 0.150. The molecule has 3 nitrogen and oxygen atoms in total. The van der Waals surface area contributed by atoms with Gasteiger partial charge in [0, 0.05) is 18.1 Å². The Bertz CT molecular complexity index is 672. The lowest BCUT2D eigenvalue weighted by molar-refractivity contribution is 0.340. The number of anilines is 1. The summed E-state index contributed by atoms with van der Waals surface area (Å²) in [6.07, 6.45) is 3.65. The molecule has 2 aromatic carbocycles. The molecule has 1 unspecified atom stereocenters. The Morgan fingerprint density at radius 1 is 0.870 bits per heavy atom. The van der Waals surface area contributed by atoms with E-state index in [0.29, 0.717) is 6.61 Å². The largest absolute Gasteiger partial charge is 0.494 e. The lowest BCUT2D eigenvalue weighted by Gasteiger charge is -2.21. The average Bonchev–Trinajstić information content (AvgIpc) is 2.63. The van der Waals surface area contributed by atoms with Crippen molar-refractivity contribution in [2.75, 3.05) is 11.9 Å². The van der Waals surface area contributed by atoms with Crippen LogP contribution in [0.4, 0.5) is 5.69 Å². The summed E-state index contributed by atoms with van der Waals surface area (Å²) in [5.74, 6) is 0.887. The van der Waals surface area contributed by atoms with E-state index in [-0.39, 0.29) is 6.04 Å². The molecule has 3 heteroatoms. The van der Waals surface area contributed by atoms with E-state index in [1.54, 1.807) is 0 Å². The first kappa shape index (κ1) is 15.1. The van der Waals surface area contributed by atoms with E-state index >= 15 is 0 Å². The minimum atomic E-state index is 0.0807. The van der Waals surface area contributed by atoms with Crippen LogP contribution in [0.25, 0.3) is 0 Å². The van der Waals surface area contributed by atoms with Crippen LogP contribution in [0.5, 0.6) is 5.75 Å². The molecule has 1 atom stereocenters. The van der Waals surface area contributed by atoms with Gasteiger partial charge in [0.2, 0.25) is 0 Å². The summed E-state index contributed by atoms with van der Waals surface area (Å²) in [5.41, 5.74) is 3.45. The third-order valence-electron chi connectivity index (χ3n) is 3.65. The molecular weight excluding hydrogens is 284 g/mol. The second-order valence-electron chi connectivity index (χ2n) is 5.23. The van der Waals surface area contributed by atoms with Crippen molar-refractivity contribution in [3.63, 3.8) is 0 Å². The summed E-state index contributed by atoms with van der Waals surface area (Å²) in [4.78, 5) is 4.12. The molecule has 1 heterocycles. The monoisotopic (exact) mass is 304 g/mol. The van der Waals surface area contributed by atoms with Gasteiger partial charge in [0.05, 0.1) is 12.6 Å². The maximum atomic E-state index is 5.50. The van der Waals surface area contributed by atoms with Gasteiger partial charge < -0.3 is 10.1 Å². The van der Waals surface area contributed by atoms with Crippen LogP contribution in [-0.4, -0.2) is 11.6 Å². The molecule has 0 aliphatic rings. The average molecular weight is 304 g/mol. The molecule has 0 saturated heterocycles. The van der Waals surface area contributed by atoms with Gasteiger partial charge in [-0.1, -0.05) is 30.3 Å². The number of benzene rings is 2. The van der Waals surface area contributed by atoms with Crippen molar-refractivity contribution in [1.82, 2.24) is 4.98 Å². The molecular formula is C20H20N2O. The van der Waals surface area contributed by atoms with Gasteiger partial charge in [0.1, 0.15) is 5.75 Å². The van der Waals surface area contributed by atoms with E-state index in [0.717, 1.165) is 11.4 Å². The molecule has 0 amide bonds. The third kappa shape index (κ3) is 3.89. The quantitative estimate of drug-likeness (QED) is 0.718. The van der Waals surface area contributed by atoms with Crippen LogP contribution in [0.2, 0.25) is 0 Å². The Morgan fingerprint density at radius 3 is 2.17 bits per heavy atom. The molecule has 116 valence electrons. The van der Waals surface area contributed by atoms with Gasteiger partial charge >= 0.3 is 0 Å². The van der Waals surface area contributed by atoms with Crippen molar-refractivity contribution >= 4 is 5.69 Å². The molecule has 1 N–H and O–H groups in total. The molecule has 0 saturated carbocycles. The van der Waals surface area contributed by atoms with Crippen LogP contribution < -0.4 is 10.1 Å². The normalized spacial score (nSPS) is 11.7. The molecule has 0 bridgehead atoms. The van der Waals surface area contributed by atoms with Crippen LogP contribution >= 0.6 is 0 Å². The number of hydrogen-bond acceptors (Lipinski definition) is 3. The van der Waals surface area contributed by atoms with E-state index < -0.39 is 0 Å². The number of rotatable bonds is 6. The van der Waals surface area contributed by atoms with Crippen molar-refractivity contribution < 1.29 is 4.74 Å². The first-order valence-corrected chi connectivity index (χ1v) is 7.81. The van der Waals surface area contributed by atoms with Gasteiger partial charge in [-0.25, -0.2) is 0 Å². The highest BCUT2D eigenvalue weighted by Gasteiger charge is 2.13. The zero-order chi connectivity index (χ0) is 15.9. The van der Waals surface area contributed by atoms with Crippen molar-refractivity contribution in [2.24, 2.45) is 0 Å². The van der Waals surface area contributed by atoms with E-state index in [1.807, 2.05) is 61.8 Å². The topological polar surface area (TPSA) is 34.1 Å². The van der Waals surface area contributed by atoms with E-state index in [4.69, 9.17) is 4.74 Å². The summed E-state index contributed by atoms with van der Waals surface area (Å²) in [6, 6.07) is 22.6. The summed E-state index contributed by atoms with van der Waals surface area (Å²) in [7, 11) is 0. The SMILES string of the molecule is CCOc1ccc(NC(c2ccccc2)c2ccncc2)cc1. The maximum Gasteiger partial charge on any atom is 0.119 e. The van der Waals surface area contributed by atoms with Gasteiger partial charge in [-0.05, 0) is 54.4 Å². The van der Waals surface area contributed by atoms with Gasteiger partial charge in [0.15, 0.2) is 0 Å². The predicted octanol–water partition coefficient (Wildman–Crippen LogP) is 4.68. The van der Waals surface area contributed by atoms with Crippen molar-refractivity contribution in [2.45, 2.75) is 13.0 Å². The van der Waals surface area contributed by atoms with Crippen LogP contribution in [0.15, 0.2) is 79.1 Å². The Labute approximate surface area is 137 Å². The van der Waals surface area contributed by atoms with Crippen molar-refractivity contribution in [1.29, 1.82) is 0 Å². The summed E-state index contributed by atoms with van der Waals surface area (Å²) in [6.45, 7) is 2.66. The molecule has 3 aromatic rings. The highest BCUT2D eigenvalue weighted by Crippen LogP contribution is 2.27. The number of pyridine rings is 1. The molecule has 0 spiro atoms. The first-order valence-electron chi connectivity index (χ1n) is 7.81. The Hall–Kier alpha value is -2.81. The summed E-state index contributed by atoms with van der Waals surface area (Å²) in [5, 5.41) is 3.60. The number of nitrogens with one attached hydrogen (secondary N) is 1. The summed E-state index contributed by atoms with van der Waals surface area (Å²) >= 11 is 0. The van der Waals surface area contributed by atoms with Crippen molar-refractivity contribution in [3.05, 3.63) is 90.3 Å². The molecule has 1 aromatic heterocycles. The van der Waals surface area contributed by atoms with Gasteiger partial charge in [-0.2, -0.15) is 0 Å². The number of nitrogens with zero attached hydrogens (tertiary/aromatic N) is 1. The standard InChI is InChI=1S/C20H20N2O/c1-2-23-19-10-8-18(9-11-19)22-20(16-6-4-3-5-7-16)17-12-14-21-15-13-17/h3-15,20,22H,2H2,1H3. The zero-order valence-corrected chi connectivity index (χ0v) is 13.1. The lowest BCUT2D eigenvalue weighted by atomic mass is 9.99. The maximum absolute atomic E-state index is 5.50. The second-order valence-corrected chi connectivity index (χ2v) is 5.23. The molecule has 0 aliphatic carbocycles. The minimum absolute atomic E-state index is 0.0807. The highest BCUT2D eigenvalue weighted by molar-refractivity contribution is 5.51. The Balaban J connectivity index is 1.87. The van der Waals surface area contributed by atoms with Gasteiger partial charge in [-0.15, -0.1) is 0 Å². The van der Waals surface area contributed by atoms with Gasteiger partial charge in [-0.3, -0.25) is 4.98 Å². The summed E-state index contributed by atoms with van der Waals surface area (Å²) < 4.78 is 5.50. The molecule has 3 rings (SSSR count). The minimum Gasteiger partial charge on any atom is -0.494 e. The van der Waals surface area contributed by atoms with Crippen LogP contribution in [0.3, 0.4) is 0 Å². The molecule has 0 fully saturated rings. The fourth-order valence-electron chi connectivity index (χ4n) is 2.54. The Morgan fingerprint density at radius 2 is 1.52 bits per heavy atom. The highest BCUT2D eigenvalue weighted by atomic mass is 16.5. The van der Waals surface area contributed by atoms with Crippen LogP contribution in [0, 0.1) is 0 Å². The van der Waals surface area contributed by atoms with Crippen LogP contribution in [-0.2, 0) is 0 Å². The smallest absolute Gasteiger partial charge is 0.119 e. The van der Waals surface area contributed by atoms with Gasteiger partial charge in [0.25, 0.3) is 0 Å². The molecule has 0 aliphatic heterocycles. The lowest BCUT2D eigenvalue weighted by Crippen LogP contribution is -2.12. The zero-order valence-electron chi connectivity index (χ0n) is 13.1. The first-order chi connectivity index (χ1) is 11.4. The number of ether oxygens (including phenoxy) is 1. The second kappa shape index (κ2) is 7.45. The van der Waals surface area contributed by atoms with Crippen LogP contribution in [0.1, 0.15) is 24.1 Å². The third-order valence-corrected chi connectivity index (χ3v) is 3.65. The fourth-order valence-corrected chi connectivity index (χ4v) is 2.54. The molecule has 23 heavy (non-hydrogen) atoms. The Kier molecular flexibility index (Phi) is 4.89. The van der Waals surface area contributed by atoms with E-state index in [2.05, 4.69) is 34.6 Å². The predicted molar refractivity (Wildman–Crippen MR) is 93.8 cm³/mol. The van der Waals surface area contributed by atoms with E-state index in [9.17, 15) is 0 Å². The number of aromatic nitrogens is 1.